The Morgan fingerprint density at radius 1 is 1.57 bits per heavy atom. The Hall–Kier alpha value is 0.470. The third-order valence-electron chi connectivity index (χ3n) is 3.40. The van der Waals surface area contributed by atoms with Gasteiger partial charge in [-0.25, -0.2) is 0 Å². The van der Waals surface area contributed by atoms with E-state index in [1.807, 2.05) is 11.3 Å². The fourth-order valence-corrected chi connectivity index (χ4v) is 4.73. The molecule has 2 unspecified atom stereocenters. The van der Waals surface area contributed by atoms with Crippen molar-refractivity contribution < 1.29 is 0 Å². The van der Waals surface area contributed by atoms with E-state index in [4.69, 9.17) is 11.6 Å². The molecule has 2 atom stereocenters. The van der Waals surface area contributed by atoms with Gasteiger partial charge in [-0.1, -0.05) is 13.8 Å². The third kappa shape index (κ3) is 1.56. The molecule has 1 fully saturated rings. The predicted molar refractivity (Wildman–Crippen MR) is 67.5 cm³/mol. The van der Waals surface area contributed by atoms with Gasteiger partial charge >= 0.3 is 0 Å². The van der Waals surface area contributed by atoms with Crippen LogP contribution in [-0.2, 0) is 0 Å². The van der Waals surface area contributed by atoms with Gasteiger partial charge < -0.3 is 0 Å². The second kappa shape index (κ2) is 3.50. The predicted octanol–water partition coefficient (Wildman–Crippen LogP) is 4.80. The van der Waals surface area contributed by atoms with Crippen LogP contribution in [0.25, 0.3) is 0 Å². The Balaban J connectivity index is 2.26. The molecule has 0 saturated heterocycles. The van der Waals surface area contributed by atoms with Crippen LogP contribution < -0.4 is 0 Å². The molecule has 0 N–H and O–H groups in total. The summed E-state index contributed by atoms with van der Waals surface area (Å²) in [6, 6.07) is 2.26. The van der Waals surface area contributed by atoms with E-state index in [1.165, 1.54) is 14.2 Å². The lowest BCUT2D eigenvalue weighted by Crippen LogP contribution is -1.90. The third-order valence-corrected chi connectivity index (χ3v) is 5.95. The topological polar surface area (TPSA) is 0 Å². The molecular formula is C11H14BrClS. The summed E-state index contributed by atoms with van der Waals surface area (Å²) in [7, 11) is 0. The van der Waals surface area contributed by atoms with Gasteiger partial charge in [0.05, 0.1) is 0 Å². The first-order valence-corrected chi connectivity index (χ1v) is 6.94. The molecule has 0 spiro atoms. The van der Waals surface area contributed by atoms with Crippen molar-refractivity contribution in [3.63, 3.8) is 0 Å². The van der Waals surface area contributed by atoms with Crippen LogP contribution in [0.4, 0.5) is 0 Å². The van der Waals surface area contributed by atoms with Gasteiger partial charge in [-0.15, -0.1) is 22.9 Å². The summed E-state index contributed by atoms with van der Waals surface area (Å²) in [5.74, 6) is 2.12. The van der Waals surface area contributed by atoms with Crippen LogP contribution in [0.2, 0.25) is 0 Å². The molecule has 0 radical (unpaired) electrons. The molecule has 1 aromatic heterocycles. The van der Waals surface area contributed by atoms with Crippen molar-refractivity contribution in [2.75, 3.05) is 5.88 Å². The number of halogens is 2. The van der Waals surface area contributed by atoms with Crippen LogP contribution in [0.3, 0.4) is 0 Å². The van der Waals surface area contributed by atoms with Crippen molar-refractivity contribution in [3.8, 4) is 0 Å². The van der Waals surface area contributed by atoms with Crippen molar-refractivity contribution in [2.45, 2.75) is 26.7 Å². The van der Waals surface area contributed by atoms with E-state index in [-0.39, 0.29) is 0 Å². The van der Waals surface area contributed by atoms with Crippen LogP contribution in [0.5, 0.6) is 0 Å². The van der Waals surface area contributed by atoms with E-state index in [2.05, 4.69) is 42.8 Å². The van der Waals surface area contributed by atoms with Crippen LogP contribution in [-0.4, -0.2) is 5.88 Å². The molecule has 1 aliphatic rings. The first kappa shape index (κ1) is 11.0. The molecule has 1 aromatic rings. The molecule has 2 rings (SSSR count). The Kier molecular flexibility index (Phi) is 2.74. The molecular weight excluding hydrogens is 280 g/mol. The monoisotopic (exact) mass is 292 g/mol. The Labute approximate surface area is 103 Å². The summed E-state index contributed by atoms with van der Waals surface area (Å²) in [4.78, 5) is 2.86. The summed E-state index contributed by atoms with van der Waals surface area (Å²) in [5, 5.41) is 0. The van der Waals surface area contributed by atoms with Crippen molar-refractivity contribution in [2.24, 2.45) is 11.3 Å². The summed E-state index contributed by atoms with van der Waals surface area (Å²) >= 11 is 11.4. The molecule has 0 amide bonds. The highest BCUT2D eigenvalue weighted by atomic mass is 79.9. The fraction of sp³-hybridized carbons (Fsp3) is 0.636. The van der Waals surface area contributed by atoms with Crippen molar-refractivity contribution >= 4 is 38.9 Å². The highest BCUT2D eigenvalue weighted by Gasteiger charge is 2.58. The van der Waals surface area contributed by atoms with Gasteiger partial charge in [-0.2, -0.15) is 0 Å². The molecule has 0 aliphatic heterocycles. The lowest BCUT2D eigenvalue weighted by Gasteiger charge is -1.98. The van der Waals surface area contributed by atoms with E-state index in [0.717, 1.165) is 5.88 Å². The largest absolute Gasteiger partial charge is 0.144 e. The molecule has 1 aliphatic carbocycles. The number of rotatable bonds is 2. The number of hydrogen-bond acceptors (Lipinski definition) is 1. The van der Waals surface area contributed by atoms with E-state index in [9.17, 15) is 0 Å². The molecule has 0 nitrogen and oxygen atoms in total. The first-order chi connectivity index (χ1) is 6.48. The quantitative estimate of drug-likeness (QED) is 0.687. The minimum absolute atomic E-state index is 0.401. The maximum Gasteiger partial charge on any atom is 0.0314 e. The van der Waals surface area contributed by atoms with Crippen molar-refractivity contribution in [3.05, 3.63) is 20.3 Å². The lowest BCUT2D eigenvalue weighted by molar-refractivity contribution is 0.578. The van der Waals surface area contributed by atoms with Gasteiger partial charge in [0, 0.05) is 26.0 Å². The average Bonchev–Trinajstić information content (AvgIpc) is 2.50. The highest BCUT2D eigenvalue weighted by Crippen LogP contribution is 2.66. The SMILES string of the molecule is Cc1sc(C2C(CCl)C2(C)C)cc1Br. The van der Waals surface area contributed by atoms with Crippen LogP contribution in [0.1, 0.15) is 29.5 Å². The lowest BCUT2D eigenvalue weighted by atomic mass is 10.1. The Morgan fingerprint density at radius 3 is 2.57 bits per heavy atom. The maximum absolute atomic E-state index is 5.97. The molecule has 78 valence electrons. The Morgan fingerprint density at radius 2 is 2.21 bits per heavy atom. The van der Waals surface area contributed by atoms with E-state index in [1.54, 1.807) is 0 Å². The van der Waals surface area contributed by atoms with Gasteiger partial charge in [0.1, 0.15) is 0 Å². The number of alkyl halides is 1. The zero-order valence-electron chi connectivity index (χ0n) is 8.60. The van der Waals surface area contributed by atoms with E-state index in [0.29, 0.717) is 17.3 Å². The zero-order chi connectivity index (χ0) is 10.5. The summed E-state index contributed by atoms with van der Waals surface area (Å²) in [5.41, 5.74) is 0.401. The summed E-state index contributed by atoms with van der Waals surface area (Å²) < 4.78 is 1.24. The maximum atomic E-state index is 5.97. The molecule has 0 bridgehead atoms. The van der Waals surface area contributed by atoms with E-state index < -0.39 is 0 Å². The normalized spacial score (nSPS) is 29.2. The average molecular weight is 294 g/mol. The smallest absolute Gasteiger partial charge is 0.0314 e. The van der Waals surface area contributed by atoms with E-state index >= 15 is 0 Å². The van der Waals surface area contributed by atoms with Crippen LogP contribution in [0.15, 0.2) is 10.5 Å². The standard InChI is InChI=1S/C11H14BrClS/c1-6-8(12)4-9(14-6)10-7(5-13)11(10,2)3/h4,7,10H,5H2,1-3H3. The molecule has 0 aromatic carbocycles. The second-order valence-corrected chi connectivity index (χ2v) is 7.06. The summed E-state index contributed by atoms with van der Waals surface area (Å²) in [6.45, 7) is 6.78. The van der Waals surface area contributed by atoms with Gasteiger partial charge in [-0.05, 0) is 40.3 Å². The van der Waals surface area contributed by atoms with Crippen LogP contribution in [0, 0.1) is 18.3 Å². The second-order valence-electron chi connectivity index (χ2n) is 4.61. The van der Waals surface area contributed by atoms with Gasteiger partial charge in [-0.3, -0.25) is 0 Å². The summed E-state index contributed by atoms with van der Waals surface area (Å²) in [6.07, 6.45) is 0. The minimum atomic E-state index is 0.401. The highest BCUT2D eigenvalue weighted by molar-refractivity contribution is 9.10. The van der Waals surface area contributed by atoms with Gasteiger partial charge in [0.25, 0.3) is 0 Å². The molecule has 1 heterocycles. The Bertz CT molecular complexity index is 337. The van der Waals surface area contributed by atoms with Crippen molar-refractivity contribution in [1.29, 1.82) is 0 Å². The first-order valence-electron chi connectivity index (χ1n) is 4.80. The zero-order valence-corrected chi connectivity index (χ0v) is 11.8. The fourth-order valence-electron chi connectivity index (χ4n) is 2.23. The van der Waals surface area contributed by atoms with Crippen LogP contribution >= 0.6 is 38.9 Å². The van der Waals surface area contributed by atoms with Gasteiger partial charge in [0.2, 0.25) is 0 Å². The molecule has 1 saturated carbocycles. The number of thiophene rings is 1. The minimum Gasteiger partial charge on any atom is -0.144 e. The van der Waals surface area contributed by atoms with Crippen molar-refractivity contribution in [1.82, 2.24) is 0 Å². The molecule has 14 heavy (non-hydrogen) atoms. The number of hydrogen-bond donors (Lipinski definition) is 0. The van der Waals surface area contributed by atoms with Gasteiger partial charge in [0.15, 0.2) is 0 Å². The molecule has 3 heteroatoms. The number of aryl methyl sites for hydroxylation is 1.